The predicted octanol–water partition coefficient (Wildman–Crippen LogP) is 4.64. The highest BCUT2D eigenvalue weighted by molar-refractivity contribution is 6.02. The van der Waals surface area contributed by atoms with E-state index in [-0.39, 0.29) is 19.4 Å². The van der Waals surface area contributed by atoms with Crippen molar-refractivity contribution in [1.29, 1.82) is 0 Å². The summed E-state index contributed by atoms with van der Waals surface area (Å²) in [5.41, 5.74) is 5.26. The van der Waals surface area contributed by atoms with Crippen molar-refractivity contribution in [1.82, 2.24) is 19.6 Å². The van der Waals surface area contributed by atoms with Gasteiger partial charge in [0.15, 0.2) is 19.2 Å². The standard InChI is InChI=1S/C25H27N5O3/c1-17-6-8-23(20(4)11-17)32-16-30-14-21(13-26-30)27-25(31)22-9-10-29(28-22)15-33-24-12-18(2)5-7-19(24)3/h5-14H,15-16H2,1-4H3,(H,27,31). The molecular formula is C25H27N5O3. The highest BCUT2D eigenvalue weighted by Crippen LogP contribution is 2.20. The fourth-order valence-corrected chi connectivity index (χ4v) is 3.34. The molecule has 1 N–H and O–H groups in total. The number of hydrogen-bond acceptors (Lipinski definition) is 5. The van der Waals surface area contributed by atoms with Gasteiger partial charge in [-0.25, -0.2) is 9.36 Å². The highest BCUT2D eigenvalue weighted by atomic mass is 16.5. The minimum Gasteiger partial charge on any atom is -0.471 e. The van der Waals surface area contributed by atoms with Crippen LogP contribution in [0.15, 0.2) is 61.1 Å². The molecule has 8 heteroatoms. The Morgan fingerprint density at radius 1 is 0.879 bits per heavy atom. The van der Waals surface area contributed by atoms with Gasteiger partial charge in [0, 0.05) is 6.20 Å². The molecule has 0 radical (unpaired) electrons. The third kappa shape index (κ3) is 5.60. The zero-order valence-electron chi connectivity index (χ0n) is 19.2. The summed E-state index contributed by atoms with van der Waals surface area (Å²) in [4.78, 5) is 12.6. The lowest BCUT2D eigenvalue weighted by atomic mass is 10.1. The van der Waals surface area contributed by atoms with E-state index in [1.54, 1.807) is 34.0 Å². The van der Waals surface area contributed by atoms with Crippen LogP contribution in [-0.4, -0.2) is 25.5 Å². The lowest BCUT2D eigenvalue weighted by molar-refractivity contribution is 0.102. The Morgan fingerprint density at radius 2 is 1.61 bits per heavy atom. The number of ether oxygens (including phenoxy) is 2. The first kappa shape index (κ1) is 22.1. The monoisotopic (exact) mass is 445 g/mol. The van der Waals surface area contributed by atoms with Crippen molar-refractivity contribution in [3.8, 4) is 11.5 Å². The smallest absolute Gasteiger partial charge is 0.276 e. The Balaban J connectivity index is 1.31. The summed E-state index contributed by atoms with van der Waals surface area (Å²) in [5, 5.41) is 11.3. The number of aromatic nitrogens is 4. The van der Waals surface area contributed by atoms with Crippen LogP contribution in [0.1, 0.15) is 32.7 Å². The van der Waals surface area contributed by atoms with Gasteiger partial charge in [0.25, 0.3) is 5.91 Å². The van der Waals surface area contributed by atoms with E-state index in [1.165, 1.54) is 5.56 Å². The molecule has 4 aromatic rings. The summed E-state index contributed by atoms with van der Waals surface area (Å²) in [6.07, 6.45) is 4.99. The molecule has 0 aliphatic rings. The maximum absolute atomic E-state index is 12.6. The van der Waals surface area contributed by atoms with Crippen LogP contribution >= 0.6 is 0 Å². The van der Waals surface area contributed by atoms with Gasteiger partial charge in [0.1, 0.15) is 11.5 Å². The molecule has 170 valence electrons. The summed E-state index contributed by atoms with van der Waals surface area (Å²) in [5.74, 6) is 1.28. The number of nitrogens with one attached hydrogen (secondary N) is 1. The summed E-state index contributed by atoms with van der Waals surface area (Å²) >= 11 is 0. The van der Waals surface area contributed by atoms with Crippen LogP contribution in [0.5, 0.6) is 11.5 Å². The van der Waals surface area contributed by atoms with Crippen LogP contribution in [0, 0.1) is 27.7 Å². The second-order valence-corrected chi connectivity index (χ2v) is 8.05. The van der Waals surface area contributed by atoms with E-state index in [9.17, 15) is 4.79 Å². The van der Waals surface area contributed by atoms with Crippen molar-refractivity contribution in [3.63, 3.8) is 0 Å². The third-order valence-electron chi connectivity index (χ3n) is 5.14. The average molecular weight is 446 g/mol. The molecule has 0 fully saturated rings. The van der Waals surface area contributed by atoms with E-state index in [1.807, 2.05) is 58.0 Å². The van der Waals surface area contributed by atoms with Gasteiger partial charge in [0.05, 0.1) is 18.1 Å². The minimum absolute atomic E-state index is 0.214. The largest absolute Gasteiger partial charge is 0.471 e. The van der Waals surface area contributed by atoms with E-state index in [4.69, 9.17) is 9.47 Å². The molecule has 0 atom stereocenters. The first-order valence-electron chi connectivity index (χ1n) is 10.6. The normalized spacial score (nSPS) is 10.8. The van der Waals surface area contributed by atoms with Crippen LogP contribution in [0.3, 0.4) is 0 Å². The van der Waals surface area contributed by atoms with Crippen LogP contribution in [-0.2, 0) is 13.5 Å². The molecule has 0 saturated heterocycles. The van der Waals surface area contributed by atoms with Gasteiger partial charge in [-0.1, -0.05) is 29.8 Å². The molecule has 0 spiro atoms. The molecular weight excluding hydrogens is 418 g/mol. The molecule has 0 unspecified atom stereocenters. The number of nitrogens with zero attached hydrogens (tertiary/aromatic N) is 4. The van der Waals surface area contributed by atoms with Gasteiger partial charge >= 0.3 is 0 Å². The summed E-state index contributed by atoms with van der Waals surface area (Å²) in [6, 6.07) is 13.7. The summed E-state index contributed by atoms with van der Waals surface area (Å²) < 4.78 is 14.9. The van der Waals surface area contributed by atoms with Gasteiger partial charge in [0.2, 0.25) is 0 Å². The van der Waals surface area contributed by atoms with Crippen molar-refractivity contribution in [2.24, 2.45) is 0 Å². The first-order valence-corrected chi connectivity index (χ1v) is 10.6. The van der Waals surface area contributed by atoms with E-state index in [0.29, 0.717) is 11.4 Å². The number of rotatable bonds is 8. The lowest BCUT2D eigenvalue weighted by Crippen LogP contribution is -2.14. The Morgan fingerprint density at radius 3 is 2.42 bits per heavy atom. The van der Waals surface area contributed by atoms with Crippen molar-refractivity contribution in [3.05, 3.63) is 89.0 Å². The van der Waals surface area contributed by atoms with Crippen molar-refractivity contribution in [2.45, 2.75) is 41.2 Å². The zero-order valence-corrected chi connectivity index (χ0v) is 19.2. The fourth-order valence-electron chi connectivity index (χ4n) is 3.34. The minimum atomic E-state index is -0.324. The van der Waals surface area contributed by atoms with Crippen LogP contribution in [0.25, 0.3) is 0 Å². The van der Waals surface area contributed by atoms with Crippen LogP contribution in [0.2, 0.25) is 0 Å². The summed E-state index contributed by atoms with van der Waals surface area (Å²) in [6.45, 7) is 8.50. The van der Waals surface area contributed by atoms with Crippen LogP contribution < -0.4 is 14.8 Å². The Bertz CT molecular complexity index is 1270. The number of benzene rings is 2. The number of aryl methyl sites for hydroxylation is 4. The first-order chi connectivity index (χ1) is 15.9. The van der Waals surface area contributed by atoms with E-state index >= 15 is 0 Å². The third-order valence-corrected chi connectivity index (χ3v) is 5.14. The molecule has 33 heavy (non-hydrogen) atoms. The molecule has 0 aliphatic carbocycles. The Hall–Kier alpha value is -4.07. The molecule has 2 aromatic heterocycles. The Kier molecular flexibility index (Phi) is 6.44. The van der Waals surface area contributed by atoms with Crippen molar-refractivity contribution >= 4 is 11.6 Å². The van der Waals surface area contributed by atoms with Crippen LogP contribution in [0.4, 0.5) is 5.69 Å². The maximum atomic E-state index is 12.6. The second-order valence-electron chi connectivity index (χ2n) is 8.05. The number of carbonyl (C=O) groups excluding carboxylic acids is 1. The van der Waals surface area contributed by atoms with Gasteiger partial charge in [-0.3, -0.25) is 4.79 Å². The van der Waals surface area contributed by atoms with E-state index < -0.39 is 0 Å². The summed E-state index contributed by atoms with van der Waals surface area (Å²) in [7, 11) is 0. The van der Waals surface area contributed by atoms with Crippen molar-refractivity contribution < 1.29 is 14.3 Å². The number of anilines is 1. The number of amides is 1. The van der Waals surface area contributed by atoms with E-state index in [2.05, 4.69) is 21.6 Å². The number of hydrogen-bond donors (Lipinski definition) is 1. The molecule has 0 aliphatic heterocycles. The van der Waals surface area contributed by atoms with Gasteiger partial charge in [-0.2, -0.15) is 10.2 Å². The molecule has 4 rings (SSSR count). The average Bonchev–Trinajstić information content (AvgIpc) is 3.43. The van der Waals surface area contributed by atoms with Gasteiger partial charge < -0.3 is 14.8 Å². The fraction of sp³-hybridized carbons (Fsp3) is 0.240. The predicted molar refractivity (Wildman–Crippen MR) is 125 cm³/mol. The van der Waals surface area contributed by atoms with E-state index in [0.717, 1.165) is 28.2 Å². The lowest BCUT2D eigenvalue weighted by Gasteiger charge is -2.09. The highest BCUT2D eigenvalue weighted by Gasteiger charge is 2.12. The topological polar surface area (TPSA) is 83.2 Å². The molecule has 0 bridgehead atoms. The quantitative estimate of drug-likeness (QED) is 0.427. The molecule has 2 heterocycles. The zero-order chi connectivity index (χ0) is 23.4. The Labute approximate surface area is 192 Å². The SMILES string of the molecule is Cc1ccc(OCn2cc(NC(=O)c3ccn(COc4cc(C)ccc4C)n3)cn2)c(C)c1. The molecule has 1 amide bonds. The number of carbonyl (C=O) groups is 1. The molecule has 0 saturated carbocycles. The van der Waals surface area contributed by atoms with Gasteiger partial charge in [-0.15, -0.1) is 0 Å². The molecule has 8 nitrogen and oxygen atoms in total. The van der Waals surface area contributed by atoms with Gasteiger partial charge in [-0.05, 0) is 62.6 Å². The van der Waals surface area contributed by atoms with Crippen molar-refractivity contribution in [2.75, 3.05) is 5.32 Å². The maximum Gasteiger partial charge on any atom is 0.276 e. The second kappa shape index (κ2) is 9.60. The molecule has 2 aromatic carbocycles.